The van der Waals surface area contributed by atoms with E-state index in [1.807, 2.05) is 24.3 Å². The number of aliphatic hydroxyl groups is 1. The van der Waals surface area contributed by atoms with Crippen molar-refractivity contribution in [2.45, 2.75) is 25.9 Å². The van der Waals surface area contributed by atoms with Crippen molar-refractivity contribution >= 4 is 29.1 Å². The molecule has 1 atom stereocenters. The summed E-state index contributed by atoms with van der Waals surface area (Å²) in [6, 6.07) is 16.9. The molecule has 0 bridgehead atoms. The molecule has 1 saturated heterocycles. The van der Waals surface area contributed by atoms with Crippen LogP contribution in [0.3, 0.4) is 0 Å². The number of rotatable bonds is 5. The minimum Gasteiger partial charge on any atom is -0.507 e. The van der Waals surface area contributed by atoms with E-state index in [2.05, 4.69) is 6.92 Å². The Bertz CT molecular complexity index is 1100. The summed E-state index contributed by atoms with van der Waals surface area (Å²) >= 11 is 5.95. The first-order chi connectivity index (χ1) is 14.5. The molecular weight excluding hydrogens is 402 g/mol. The molecule has 0 radical (unpaired) electrons. The molecule has 1 aliphatic rings. The molecule has 1 N–H and O–H groups in total. The number of hydrogen-bond acceptors (Lipinski definition) is 4. The molecule has 0 spiro atoms. The summed E-state index contributed by atoms with van der Waals surface area (Å²) in [5.41, 5.74) is 2.36. The molecule has 1 fully saturated rings. The van der Waals surface area contributed by atoms with Crippen molar-refractivity contribution in [1.29, 1.82) is 0 Å². The predicted molar refractivity (Wildman–Crippen MR) is 114 cm³/mol. The van der Waals surface area contributed by atoms with Gasteiger partial charge in [-0.25, -0.2) is 0 Å². The number of Topliss-reactive ketones (excluding diaryl/α,β-unsaturated/α-hetero) is 1. The summed E-state index contributed by atoms with van der Waals surface area (Å²) in [5.74, 6) is -1.07. The molecule has 1 aromatic heterocycles. The highest BCUT2D eigenvalue weighted by Crippen LogP contribution is 2.40. The molecule has 0 aliphatic carbocycles. The summed E-state index contributed by atoms with van der Waals surface area (Å²) < 4.78 is 5.39. The Kier molecular flexibility index (Phi) is 5.46. The molecule has 0 unspecified atom stereocenters. The van der Waals surface area contributed by atoms with Crippen molar-refractivity contribution in [3.63, 3.8) is 0 Å². The number of carbonyl (C=O) groups is 2. The van der Waals surface area contributed by atoms with Gasteiger partial charge in [0.15, 0.2) is 0 Å². The summed E-state index contributed by atoms with van der Waals surface area (Å²) in [6.45, 7) is 2.17. The van der Waals surface area contributed by atoms with Gasteiger partial charge in [0.1, 0.15) is 11.5 Å². The Hall–Kier alpha value is -3.31. The second-order valence-corrected chi connectivity index (χ2v) is 7.54. The van der Waals surface area contributed by atoms with Gasteiger partial charge in [-0.3, -0.25) is 9.59 Å². The lowest BCUT2D eigenvalue weighted by atomic mass is 9.94. The average molecular weight is 422 g/mol. The maximum atomic E-state index is 13.0. The number of amides is 1. The fourth-order valence-corrected chi connectivity index (χ4v) is 3.78. The van der Waals surface area contributed by atoms with Crippen molar-refractivity contribution in [1.82, 2.24) is 4.90 Å². The molecule has 4 rings (SSSR count). The largest absolute Gasteiger partial charge is 0.507 e. The number of hydrogen-bond donors (Lipinski definition) is 1. The van der Waals surface area contributed by atoms with Crippen LogP contribution in [0.2, 0.25) is 5.02 Å². The predicted octanol–water partition coefficient (Wildman–Crippen LogP) is 5.12. The first kappa shape index (κ1) is 20.0. The van der Waals surface area contributed by atoms with Gasteiger partial charge in [-0.05, 0) is 53.9 Å². The van der Waals surface area contributed by atoms with Crippen molar-refractivity contribution in [2.24, 2.45) is 0 Å². The molecule has 2 heterocycles. The zero-order valence-corrected chi connectivity index (χ0v) is 17.1. The van der Waals surface area contributed by atoms with E-state index in [1.54, 1.807) is 36.4 Å². The summed E-state index contributed by atoms with van der Waals surface area (Å²) in [4.78, 5) is 27.3. The van der Waals surface area contributed by atoms with Crippen molar-refractivity contribution in [3.05, 3.63) is 100.0 Å². The molecule has 2 aromatic carbocycles. The molecule has 1 aliphatic heterocycles. The van der Waals surface area contributed by atoms with Gasteiger partial charge in [0.25, 0.3) is 11.7 Å². The van der Waals surface area contributed by atoms with E-state index >= 15 is 0 Å². The quantitative estimate of drug-likeness (QED) is 0.352. The number of likely N-dealkylation sites (tertiary alicyclic amines) is 1. The van der Waals surface area contributed by atoms with Gasteiger partial charge >= 0.3 is 0 Å². The van der Waals surface area contributed by atoms with Crippen LogP contribution in [0.4, 0.5) is 0 Å². The van der Waals surface area contributed by atoms with Gasteiger partial charge in [0, 0.05) is 10.6 Å². The van der Waals surface area contributed by atoms with E-state index in [-0.39, 0.29) is 17.9 Å². The van der Waals surface area contributed by atoms with Crippen LogP contribution < -0.4 is 0 Å². The standard InChI is InChI=1S/C24H20ClNO4/c1-2-15-5-7-16(8-6-15)21-20(22(27)17-9-11-18(25)12-10-17)23(28)24(29)26(21)14-19-4-3-13-30-19/h3-13,21,27H,2,14H2,1H3/b22-20+/t21-/m1/s1. The van der Waals surface area contributed by atoms with Crippen molar-refractivity contribution < 1.29 is 19.1 Å². The Morgan fingerprint density at radius 1 is 1.07 bits per heavy atom. The number of ketones is 1. The molecular formula is C24H20ClNO4. The van der Waals surface area contributed by atoms with E-state index in [0.29, 0.717) is 16.3 Å². The number of benzene rings is 2. The fraction of sp³-hybridized carbons (Fsp3) is 0.167. The third-order valence-corrected chi connectivity index (χ3v) is 5.52. The van der Waals surface area contributed by atoms with Gasteiger partial charge < -0.3 is 14.4 Å². The van der Waals surface area contributed by atoms with Crippen LogP contribution in [-0.2, 0) is 22.6 Å². The summed E-state index contributed by atoms with van der Waals surface area (Å²) in [7, 11) is 0. The number of carbonyl (C=O) groups excluding carboxylic acids is 2. The van der Waals surface area contributed by atoms with Crippen molar-refractivity contribution in [3.8, 4) is 0 Å². The summed E-state index contributed by atoms with van der Waals surface area (Å²) in [6.07, 6.45) is 2.39. The van der Waals surface area contributed by atoms with E-state index in [1.165, 1.54) is 11.2 Å². The number of halogens is 1. The maximum Gasteiger partial charge on any atom is 0.296 e. The Morgan fingerprint density at radius 3 is 2.37 bits per heavy atom. The Labute approximate surface area is 179 Å². The third-order valence-electron chi connectivity index (χ3n) is 5.27. The molecule has 30 heavy (non-hydrogen) atoms. The molecule has 3 aromatic rings. The molecule has 1 amide bonds. The third kappa shape index (κ3) is 3.64. The van der Waals surface area contributed by atoms with E-state index in [0.717, 1.165) is 17.5 Å². The molecule has 6 heteroatoms. The van der Waals surface area contributed by atoms with Crippen LogP contribution in [0.25, 0.3) is 5.76 Å². The van der Waals surface area contributed by atoms with E-state index in [4.69, 9.17) is 16.0 Å². The second-order valence-electron chi connectivity index (χ2n) is 7.11. The van der Waals surface area contributed by atoms with Crippen LogP contribution in [0, 0.1) is 0 Å². The molecule has 0 saturated carbocycles. The lowest BCUT2D eigenvalue weighted by molar-refractivity contribution is -0.140. The monoisotopic (exact) mass is 421 g/mol. The van der Waals surface area contributed by atoms with Gasteiger partial charge in [-0.2, -0.15) is 0 Å². The van der Waals surface area contributed by atoms with Crippen LogP contribution in [0.5, 0.6) is 0 Å². The highest BCUT2D eigenvalue weighted by atomic mass is 35.5. The zero-order valence-electron chi connectivity index (χ0n) is 16.3. The smallest absolute Gasteiger partial charge is 0.296 e. The van der Waals surface area contributed by atoms with Crippen LogP contribution in [0.15, 0.2) is 76.9 Å². The lowest BCUT2D eigenvalue weighted by Gasteiger charge is -2.24. The lowest BCUT2D eigenvalue weighted by Crippen LogP contribution is -2.29. The topological polar surface area (TPSA) is 70.8 Å². The number of furan rings is 1. The normalized spacial score (nSPS) is 18.2. The second kappa shape index (κ2) is 8.20. The van der Waals surface area contributed by atoms with Crippen molar-refractivity contribution in [2.75, 3.05) is 0 Å². The Morgan fingerprint density at radius 2 is 1.77 bits per heavy atom. The average Bonchev–Trinajstić information content (AvgIpc) is 3.36. The summed E-state index contributed by atoms with van der Waals surface area (Å²) in [5, 5.41) is 11.5. The van der Waals surface area contributed by atoms with E-state index < -0.39 is 17.7 Å². The first-order valence-corrected chi connectivity index (χ1v) is 10.0. The van der Waals surface area contributed by atoms with Crippen LogP contribution in [-0.4, -0.2) is 21.7 Å². The Balaban J connectivity index is 1.85. The number of aryl methyl sites for hydroxylation is 1. The van der Waals surface area contributed by atoms with Gasteiger partial charge in [0.2, 0.25) is 0 Å². The zero-order chi connectivity index (χ0) is 21.3. The molecule has 5 nitrogen and oxygen atoms in total. The van der Waals surface area contributed by atoms with Crippen LogP contribution >= 0.6 is 11.6 Å². The minimum atomic E-state index is -0.725. The highest BCUT2D eigenvalue weighted by molar-refractivity contribution is 6.46. The SMILES string of the molecule is CCc1ccc([C@@H]2/C(=C(\O)c3ccc(Cl)cc3)C(=O)C(=O)N2Cc2ccco2)cc1. The molecule has 152 valence electrons. The van der Waals surface area contributed by atoms with Gasteiger partial charge in [-0.15, -0.1) is 0 Å². The first-order valence-electron chi connectivity index (χ1n) is 9.65. The highest BCUT2D eigenvalue weighted by Gasteiger charge is 2.46. The minimum absolute atomic E-state index is 0.0538. The number of nitrogens with zero attached hydrogens (tertiary/aromatic N) is 1. The number of aliphatic hydroxyl groups excluding tert-OH is 1. The maximum absolute atomic E-state index is 13.0. The van der Waals surface area contributed by atoms with E-state index in [9.17, 15) is 14.7 Å². The van der Waals surface area contributed by atoms with Gasteiger partial charge in [0.05, 0.1) is 24.4 Å². The van der Waals surface area contributed by atoms with Gasteiger partial charge in [-0.1, -0.05) is 42.8 Å². The fourth-order valence-electron chi connectivity index (χ4n) is 3.66. The van der Waals surface area contributed by atoms with Crippen LogP contribution in [0.1, 0.15) is 35.4 Å².